The molecule has 0 aliphatic heterocycles. The summed E-state index contributed by atoms with van der Waals surface area (Å²) >= 11 is 5.45. The predicted octanol–water partition coefficient (Wildman–Crippen LogP) is 4.06. The molecule has 0 aromatic heterocycles. The highest BCUT2D eigenvalue weighted by Crippen LogP contribution is 2.23. The Bertz CT molecular complexity index is 611. The molecule has 0 aliphatic rings. The molecule has 0 amide bonds. The molecule has 0 heterocycles. The first-order chi connectivity index (χ1) is 11.1. The highest BCUT2D eigenvalue weighted by molar-refractivity contribution is 7.80. The first-order valence-corrected chi connectivity index (χ1v) is 8.23. The Morgan fingerprint density at radius 2 is 1.70 bits per heavy atom. The number of thiocarbonyl (C=S) groups is 1. The van der Waals surface area contributed by atoms with Crippen molar-refractivity contribution in [2.45, 2.75) is 26.4 Å². The highest BCUT2D eigenvalue weighted by Gasteiger charge is 2.16. The van der Waals surface area contributed by atoms with Gasteiger partial charge >= 0.3 is 0 Å². The summed E-state index contributed by atoms with van der Waals surface area (Å²) in [5.41, 5.74) is 2.41. The van der Waals surface area contributed by atoms with Crippen LogP contribution in [0.2, 0.25) is 0 Å². The third kappa shape index (κ3) is 5.25. The molecule has 2 N–H and O–H groups in total. The van der Waals surface area contributed by atoms with E-state index in [2.05, 4.69) is 48.7 Å². The van der Waals surface area contributed by atoms with E-state index in [4.69, 9.17) is 17.0 Å². The molecule has 2 rings (SSSR count). The van der Waals surface area contributed by atoms with E-state index in [9.17, 15) is 0 Å². The Morgan fingerprint density at radius 3 is 2.26 bits per heavy atom. The number of nitrogens with one attached hydrogen (secondary N) is 2. The fraction of sp³-hybridized carbons (Fsp3) is 0.316. The second kappa shape index (κ2) is 8.53. The molecule has 0 saturated carbocycles. The minimum Gasteiger partial charge on any atom is -0.497 e. The maximum atomic E-state index is 5.45. The van der Waals surface area contributed by atoms with E-state index in [0.717, 1.165) is 12.3 Å². The van der Waals surface area contributed by atoms with Gasteiger partial charge in [-0.3, -0.25) is 0 Å². The Kier molecular flexibility index (Phi) is 6.41. The van der Waals surface area contributed by atoms with Gasteiger partial charge in [-0.05, 0) is 41.4 Å². The number of methoxy groups -OCH3 is 1. The smallest absolute Gasteiger partial charge is 0.167 e. The van der Waals surface area contributed by atoms with Gasteiger partial charge in [0.05, 0.1) is 13.2 Å². The Balaban J connectivity index is 1.96. The molecule has 2 aromatic carbocycles. The third-order valence-electron chi connectivity index (χ3n) is 3.72. The molecule has 4 heteroatoms. The minimum atomic E-state index is 0.164. The van der Waals surface area contributed by atoms with Gasteiger partial charge in [0.1, 0.15) is 5.75 Å². The average Bonchev–Trinajstić information content (AvgIpc) is 2.58. The molecule has 0 radical (unpaired) electrons. The molecule has 2 aromatic rings. The molecule has 1 atom stereocenters. The first kappa shape index (κ1) is 17.3. The van der Waals surface area contributed by atoms with Crippen LogP contribution in [-0.4, -0.2) is 12.2 Å². The maximum Gasteiger partial charge on any atom is 0.167 e. The monoisotopic (exact) mass is 328 g/mol. The van der Waals surface area contributed by atoms with E-state index < -0.39 is 0 Å². The quantitative estimate of drug-likeness (QED) is 0.784. The van der Waals surface area contributed by atoms with Crippen molar-refractivity contribution in [3.8, 4) is 5.75 Å². The number of benzene rings is 2. The Hall–Kier alpha value is -2.07. The van der Waals surface area contributed by atoms with Gasteiger partial charge in [-0.25, -0.2) is 0 Å². The standard InChI is InChI=1S/C19H24N2OS/c1-14(2)18(16-9-11-17(22-3)12-10-16)21-19(23)20-13-15-7-5-4-6-8-15/h4-12,14,18H,13H2,1-3H3,(H2,20,21,23)/t18-/m0/s1. The van der Waals surface area contributed by atoms with Gasteiger partial charge < -0.3 is 15.4 Å². The van der Waals surface area contributed by atoms with Crippen molar-refractivity contribution in [2.75, 3.05) is 7.11 Å². The second-order valence-electron chi connectivity index (χ2n) is 5.81. The van der Waals surface area contributed by atoms with Crippen LogP contribution >= 0.6 is 12.2 Å². The zero-order valence-corrected chi connectivity index (χ0v) is 14.7. The molecule has 0 unspecified atom stereocenters. The van der Waals surface area contributed by atoms with Crippen LogP contribution in [0.1, 0.15) is 31.0 Å². The molecule has 23 heavy (non-hydrogen) atoms. The van der Waals surface area contributed by atoms with Crippen LogP contribution in [0, 0.1) is 5.92 Å². The lowest BCUT2D eigenvalue weighted by molar-refractivity contribution is 0.413. The van der Waals surface area contributed by atoms with Crippen molar-refractivity contribution in [1.29, 1.82) is 0 Å². The van der Waals surface area contributed by atoms with E-state index in [0.29, 0.717) is 11.0 Å². The summed E-state index contributed by atoms with van der Waals surface area (Å²) in [6, 6.07) is 18.5. The van der Waals surface area contributed by atoms with E-state index in [1.165, 1.54) is 11.1 Å². The van der Waals surface area contributed by atoms with Crippen LogP contribution in [0.5, 0.6) is 5.75 Å². The molecule has 3 nitrogen and oxygen atoms in total. The predicted molar refractivity (Wildman–Crippen MR) is 99.6 cm³/mol. The van der Waals surface area contributed by atoms with Crippen LogP contribution < -0.4 is 15.4 Å². The summed E-state index contributed by atoms with van der Waals surface area (Å²) in [7, 11) is 1.68. The fourth-order valence-electron chi connectivity index (χ4n) is 2.42. The summed E-state index contributed by atoms with van der Waals surface area (Å²) in [6.07, 6.45) is 0. The molecular weight excluding hydrogens is 304 g/mol. The van der Waals surface area contributed by atoms with E-state index in [1.54, 1.807) is 7.11 Å². The lowest BCUT2D eigenvalue weighted by atomic mass is 9.96. The molecule has 0 aliphatic carbocycles. The zero-order valence-electron chi connectivity index (χ0n) is 13.9. The van der Waals surface area contributed by atoms with Gasteiger partial charge in [-0.2, -0.15) is 0 Å². The van der Waals surface area contributed by atoms with Gasteiger partial charge in [-0.1, -0.05) is 56.3 Å². The maximum absolute atomic E-state index is 5.45. The molecule has 0 saturated heterocycles. The highest BCUT2D eigenvalue weighted by atomic mass is 32.1. The summed E-state index contributed by atoms with van der Waals surface area (Å²) < 4.78 is 5.22. The third-order valence-corrected chi connectivity index (χ3v) is 3.99. The first-order valence-electron chi connectivity index (χ1n) is 7.82. The average molecular weight is 328 g/mol. The number of ether oxygens (including phenoxy) is 1. The number of rotatable bonds is 6. The van der Waals surface area contributed by atoms with Gasteiger partial charge in [0.2, 0.25) is 0 Å². The summed E-state index contributed by atoms with van der Waals surface area (Å²) in [5, 5.41) is 7.36. The van der Waals surface area contributed by atoms with Gasteiger partial charge in [0.25, 0.3) is 0 Å². The van der Waals surface area contributed by atoms with E-state index >= 15 is 0 Å². The second-order valence-corrected chi connectivity index (χ2v) is 6.22. The van der Waals surface area contributed by atoms with Crippen LogP contribution in [0.15, 0.2) is 54.6 Å². The molecule has 122 valence electrons. The van der Waals surface area contributed by atoms with Crippen molar-refractivity contribution >= 4 is 17.3 Å². The Morgan fingerprint density at radius 1 is 1.04 bits per heavy atom. The van der Waals surface area contributed by atoms with Gasteiger partial charge in [0.15, 0.2) is 5.11 Å². The summed E-state index contributed by atoms with van der Waals surface area (Å²) in [5.74, 6) is 1.28. The van der Waals surface area contributed by atoms with Crippen LogP contribution in [0.3, 0.4) is 0 Å². The van der Waals surface area contributed by atoms with Crippen molar-refractivity contribution in [3.05, 3.63) is 65.7 Å². The number of hydrogen-bond acceptors (Lipinski definition) is 2. The lowest BCUT2D eigenvalue weighted by Crippen LogP contribution is -2.39. The fourth-order valence-corrected chi connectivity index (χ4v) is 2.62. The lowest BCUT2D eigenvalue weighted by Gasteiger charge is -2.25. The molecule has 0 fully saturated rings. The van der Waals surface area contributed by atoms with Gasteiger partial charge in [-0.15, -0.1) is 0 Å². The van der Waals surface area contributed by atoms with Gasteiger partial charge in [0, 0.05) is 6.54 Å². The minimum absolute atomic E-state index is 0.164. The summed E-state index contributed by atoms with van der Waals surface area (Å²) in [4.78, 5) is 0. The van der Waals surface area contributed by atoms with Crippen LogP contribution in [-0.2, 0) is 6.54 Å². The van der Waals surface area contributed by atoms with E-state index in [1.807, 2.05) is 30.3 Å². The van der Waals surface area contributed by atoms with Crippen LogP contribution in [0.25, 0.3) is 0 Å². The van der Waals surface area contributed by atoms with Crippen molar-refractivity contribution in [3.63, 3.8) is 0 Å². The zero-order chi connectivity index (χ0) is 16.7. The van der Waals surface area contributed by atoms with Crippen LogP contribution in [0.4, 0.5) is 0 Å². The number of hydrogen-bond donors (Lipinski definition) is 2. The SMILES string of the molecule is COc1ccc([C@@H](NC(=S)NCc2ccccc2)C(C)C)cc1. The van der Waals surface area contributed by atoms with Crippen molar-refractivity contribution in [1.82, 2.24) is 10.6 Å². The largest absolute Gasteiger partial charge is 0.497 e. The molecular formula is C19H24N2OS. The normalized spacial score (nSPS) is 11.8. The topological polar surface area (TPSA) is 33.3 Å². The molecule has 0 bridgehead atoms. The molecule has 0 spiro atoms. The van der Waals surface area contributed by atoms with Crippen molar-refractivity contribution in [2.24, 2.45) is 5.92 Å². The van der Waals surface area contributed by atoms with Crippen molar-refractivity contribution < 1.29 is 4.74 Å². The summed E-state index contributed by atoms with van der Waals surface area (Å²) in [6.45, 7) is 5.09. The van der Waals surface area contributed by atoms with E-state index in [-0.39, 0.29) is 6.04 Å². The Labute approximate surface area is 144 Å².